The van der Waals surface area contributed by atoms with Crippen molar-refractivity contribution in [1.82, 2.24) is 5.32 Å². The highest BCUT2D eigenvalue weighted by molar-refractivity contribution is 5.79. The first-order valence-corrected chi connectivity index (χ1v) is 7.08. The van der Waals surface area contributed by atoms with Crippen LogP contribution in [0.1, 0.15) is 29.7 Å². The first-order chi connectivity index (χ1) is 10.1. The van der Waals surface area contributed by atoms with Gasteiger partial charge in [-0.15, -0.1) is 0 Å². The number of benzene rings is 2. The van der Waals surface area contributed by atoms with Gasteiger partial charge in [0.1, 0.15) is 5.75 Å². The Hall–Kier alpha value is -2.29. The highest BCUT2D eigenvalue weighted by atomic mass is 16.5. The second-order valence-electron chi connectivity index (χ2n) is 5.18. The minimum atomic E-state index is 0.0121. The van der Waals surface area contributed by atoms with Gasteiger partial charge >= 0.3 is 0 Å². The van der Waals surface area contributed by atoms with Crippen molar-refractivity contribution >= 4 is 5.91 Å². The molecular formula is C18H21NO2. The van der Waals surface area contributed by atoms with Gasteiger partial charge in [0, 0.05) is 0 Å². The van der Waals surface area contributed by atoms with Crippen molar-refractivity contribution in [1.29, 1.82) is 0 Å². The molecule has 0 aliphatic heterocycles. The maximum Gasteiger partial charge on any atom is 0.224 e. The van der Waals surface area contributed by atoms with Crippen LogP contribution in [0.3, 0.4) is 0 Å². The van der Waals surface area contributed by atoms with Gasteiger partial charge in [-0.05, 0) is 36.6 Å². The fourth-order valence-corrected chi connectivity index (χ4v) is 2.35. The minimum Gasteiger partial charge on any atom is -0.496 e. The van der Waals surface area contributed by atoms with Gasteiger partial charge in [0.25, 0.3) is 0 Å². The van der Waals surface area contributed by atoms with Gasteiger partial charge in [0.05, 0.1) is 19.6 Å². The van der Waals surface area contributed by atoms with E-state index in [2.05, 4.69) is 5.32 Å². The number of rotatable bonds is 5. The van der Waals surface area contributed by atoms with Gasteiger partial charge in [0.2, 0.25) is 5.91 Å². The van der Waals surface area contributed by atoms with Gasteiger partial charge in [-0.25, -0.2) is 0 Å². The Balaban J connectivity index is 1.97. The molecule has 0 saturated carbocycles. The van der Waals surface area contributed by atoms with Gasteiger partial charge in [-0.1, -0.05) is 42.5 Å². The number of amides is 1. The van der Waals surface area contributed by atoms with Crippen molar-refractivity contribution in [3.8, 4) is 5.75 Å². The van der Waals surface area contributed by atoms with E-state index in [0.29, 0.717) is 6.42 Å². The third-order valence-electron chi connectivity index (χ3n) is 3.50. The Morgan fingerprint density at radius 2 is 1.90 bits per heavy atom. The monoisotopic (exact) mass is 283 g/mol. The summed E-state index contributed by atoms with van der Waals surface area (Å²) >= 11 is 0. The molecule has 0 radical (unpaired) electrons. The van der Waals surface area contributed by atoms with Crippen LogP contribution in [0, 0.1) is 6.92 Å². The highest BCUT2D eigenvalue weighted by Gasteiger charge is 2.10. The molecule has 0 unspecified atom stereocenters. The zero-order valence-corrected chi connectivity index (χ0v) is 12.7. The Bertz CT molecular complexity index is 608. The molecule has 0 saturated heterocycles. The van der Waals surface area contributed by atoms with Crippen LogP contribution >= 0.6 is 0 Å². The molecule has 2 aromatic carbocycles. The Morgan fingerprint density at radius 3 is 2.52 bits per heavy atom. The van der Waals surface area contributed by atoms with Crippen molar-refractivity contribution in [2.75, 3.05) is 7.11 Å². The van der Waals surface area contributed by atoms with Gasteiger partial charge in [-0.3, -0.25) is 4.79 Å². The summed E-state index contributed by atoms with van der Waals surface area (Å²) in [5.74, 6) is 0.868. The number of hydrogen-bond acceptors (Lipinski definition) is 2. The number of ether oxygens (including phenoxy) is 1. The lowest BCUT2D eigenvalue weighted by Gasteiger charge is -2.14. The molecule has 0 aliphatic rings. The van der Waals surface area contributed by atoms with E-state index in [9.17, 15) is 4.79 Å². The summed E-state index contributed by atoms with van der Waals surface area (Å²) in [5, 5.41) is 3.02. The predicted octanol–water partition coefficient (Wildman–Crippen LogP) is 3.42. The Labute approximate surface area is 126 Å². The van der Waals surface area contributed by atoms with Crippen molar-refractivity contribution in [3.63, 3.8) is 0 Å². The first-order valence-electron chi connectivity index (χ1n) is 7.08. The first kappa shape index (κ1) is 15.1. The molecule has 1 amide bonds. The molecule has 0 aliphatic carbocycles. The third kappa shape index (κ3) is 4.09. The van der Waals surface area contributed by atoms with Crippen LogP contribution in [0.5, 0.6) is 5.75 Å². The molecule has 0 spiro atoms. The van der Waals surface area contributed by atoms with Crippen LogP contribution in [-0.4, -0.2) is 13.0 Å². The molecule has 21 heavy (non-hydrogen) atoms. The van der Waals surface area contributed by atoms with Crippen LogP contribution in [0.4, 0.5) is 0 Å². The topological polar surface area (TPSA) is 38.3 Å². The van der Waals surface area contributed by atoms with E-state index >= 15 is 0 Å². The number of nitrogens with one attached hydrogen (secondary N) is 1. The van der Waals surface area contributed by atoms with E-state index in [1.807, 2.05) is 62.4 Å². The zero-order valence-electron chi connectivity index (χ0n) is 12.7. The predicted molar refractivity (Wildman–Crippen MR) is 84.4 cm³/mol. The van der Waals surface area contributed by atoms with Gasteiger partial charge in [-0.2, -0.15) is 0 Å². The smallest absolute Gasteiger partial charge is 0.224 e. The van der Waals surface area contributed by atoms with E-state index < -0.39 is 0 Å². The molecule has 0 fully saturated rings. The zero-order chi connectivity index (χ0) is 15.2. The summed E-state index contributed by atoms with van der Waals surface area (Å²) in [4.78, 5) is 12.1. The highest BCUT2D eigenvalue weighted by Crippen LogP contribution is 2.19. The van der Waals surface area contributed by atoms with E-state index in [1.54, 1.807) is 7.11 Å². The second-order valence-corrected chi connectivity index (χ2v) is 5.18. The number of methoxy groups -OCH3 is 1. The van der Waals surface area contributed by atoms with E-state index in [4.69, 9.17) is 4.74 Å². The number of aryl methyl sites for hydroxylation is 1. The quantitative estimate of drug-likeness (QED) is 0.913. The average Bonchev–Trinajstić information content (AvgIpc) is 2.48. The van der Waals surface area contributed by atoms with Crippen molar-refractivity contribution in [3.05, 3.63) is 65.2 Å². The van der Waals surface area contributed by atoms with Crippen LogP contribution in [0.25, 0.3) is 0 Å². The fourth-order valence-electron chi connectivity index (χ4n) is 2.35. The fraction of sp³-hybridized carbons (Fsp3) is 0.278. The molecule has 0 bridgehead atoms. The number of hydrogen-bond donors (Lipinski definition) is 1. The van der Waals surface area contributed by atoms with Crippen LogP contribution in [0.15, 0.2) is 48.5 Å². The molecule has 110 valence electrons. The van der Waals surface area contributed by atoms with E-state index in [1.165, 1.54) is 0 Å². The maximum atomic E-state index is 12.1. The van der Waals surface area contributed by atoms with Crippen LogP contribution < -0.4 is 10.1 Å². The lowest BCUT2D eigenvalue weighted by atomic mass is 10.1. The lowest BCUT2D eigenvalue weighted by Crippen LogP contribution is -2.28. The number of carbonyl (C=O) groups is 1. The van der Waals surface area contributed by atoms with Crippen molar-refractivity contribution in [2.45, 2.75) is 26.3 Å². The summed E-state index contributed by atoms with van der Waals surface area (Å²) in [5.41, 5.74) is 3.14. The lowest BCUT2D eigenvalue weighted by molar-refractivity contribution is -0.121. The van der Waals surface area contributed by atoms with Crippen molar-refractivity contribution in [2.24, 2.45) is 0 Å². The van der Waals surface area contributed by atoms with Crippen molar-refractivity contribution < 1.29 is 9.53 Å². The maximum absolute atomic E-state index is 12.1. The SMILES string of the molecule is COc1ccc(CC(=O)N[C@@H](C)c2ccccc2)cc1C. The van der Waals surface area contributed by atoms with E-state index in [0.717, 1.165) is 22.4 Å². The Morgan fingerprint density at radius 1 is 1.19 bits per heavy atom. The van der Waals surface area contributed by atoms with Crippen LogP contribution in [-0.2, 0) is 11.2 Å². The largest absolute Gasteiger partial charge is 0.496 e. The summed E-state index contributed by atoms with van der Waals surface area (Å²) in [6, 6.07) is 15.8. The second kappa shape index (κ2) is 6.93. The molecule has 1 atom stereocenters. The third-order valence-corrected chi connectivity index (χ3v) is 3.50. The summed E-state index contributed by atoms with van der Waals surface area (Å²) in [6.45, 7) is 3.97. The van der Waals surface area contributed by atoms with Gasteiger partial charge in [0.15, 0.2) is 0 Å². The standard InChI is InChI=1S/C18H21NO2/c1-13-11-15(9-10-17(13)21-3)12-18(20)19-14(2)16-7-5-4-6-8-16/h4-11,14H,12H2,1-3H3,(H,19,20)/t14-/m0/s1. The number of carbonyl (C=O) groups excluding carboxylic acids is 1. The molecule has 1 N–H and O–H groups in total. The summed E-state index contributed by atoms with van der Waals surface area (Å²) < 4.78 is 5.23. The molecule has 0 heterocycles. The van der Waals surface area contributed by atoms with Gasteiger partial charge < -0.3 is 10.1 Å². The molecular weight excluding hydrogens is 262 g/mol. The van der Waals surface area contributed by atoms with E-state index in [-0.39, 0.29) is 11.9 Å². The molecule has 0 aromatic heterocycles. The molecule has 3 nitrogen and oxygen atoms in total. The molecule has 2 rings (SSSR count). The summed E-state index contributed by atoms with van der Waals surface area (Å²) in [6.07, 6.45) is 0.377. The molecule has 3 heteroatoms. The normalized spacial score (nSPS) is 11.8. The van der Waals surface area contributed by atoms with Crippen LogP contribution in [0.2, 0.25) is 0 Å². The average molecular weight is 283 g/mol. The molecule has 2 aromatic rings. The summed E-state index contributed by atoms with van der Waals surface area (Å²) in [7, 11) is 1.65. The minimum absolute atomic E-state index is 0.0121. The Kier molecular flexibility index (Phi) is 4.99.